The summed E-state index contributed by atoms with van der Waals surface area (Å²) in [5, 5.41) is 9.21. The smallest absolute Gasteiger partial charge is 0.323 e. The van der Waals surface area contributed by atoms with Gasteiger partial charge < -0.3 is 24.2 Å². The molecule has 7 heteroatoms. The van der Waals surface area contributed by atoms with Crippen molar-refractivity contribution in [2.75, 3.05) is 33.0 Å². The third kappa shape index (κ3) is 4.95. The molecule has 26 heavy (non-hydrogen) atoms. The molecule has 1 aromatic carbocycles. The molecule has 1 N–H and O–H groups in total. The first-order valence-electron chi connectivity index (χ1n) is 9.08. The molecule has 1 aromatic rings. The van der Waals surface area contributed by atoms with Gasteiger partial charge in [-0.1, -0.05) is 6.07 Å². The predicted octanol–water partition coefficient (Wildman–Crippen LogP) is 1.95. The van der Waals surface area contributed by atoms with E-state index in [0.29, 0.717) is 44.0 Å². The van der Waals surface area contributed by atoms with Crippen molar-refractivity contribution in [1.82, 2.24) is 4.90 Å². The number of rotatable bonds is 7. The van der Waals surface area contributed by atoms with Crippen molar-refractivity contribution in [3.63, 3.8) is 0 Å². The van der Waals surface area contributed by atoms with Crippen molar-refractivity contribution in [3.05, 3.63) is 29.8 Å². The standard InChI is InChI=1S/C19H25NO6/c21-18(22)12-20(15-6-9-24-10-7-15)19(23)14-3-1-4-16(11-14)26-13-17-5-2-8-25-17/h1,3-4,11,15,17H,2,5-10,12-13H2,(H,21,22). The average Bonchev–Trinajstić information content (AvgIpc) is 3.18. The minimum atomic E-state index is -1.02. The molecule has 2 aliphatic rings. The maximum Gasteiger partial charge on any atom is 0.323 e. The van der Waals surface area contributed by atoms with Gasteiger partial charge in [-0.15, -0.1) is 0 Å². The van der Waals surface area contributed by atoms with Crippen LogP contribution in [0.15, 0.2) is 24.3 Å². The van der Waals surface area contributed by atoms with Crippen LogP contribution in [0.2, 0.25) is 0 Å². The van der Waals surface area contributed by atoms with E-state index in [1.807, 2.05) is 0 Å². The number of aliphatic carboxylic acids is 1. The van der Waals surface area contributed by atoms with Gasteiger partial charge in [0.15, 0.2) is 0 Å². The lowest BCUT2D eigenvalue weighted by atomic mass is 10.1. The molecule has 7 nitrogen and oxygen atoms in total. The molecule has 1 atom stereocenters. The van der Waals surface area contributed by atoms with Crippen LogP contribution in [0.5, 0.6) is 5.75 Å². The lowest BCUT2D eigenvalue weighted by Gasteiger charge is -2.33. The van der Waals surface area contributed by atoms with Crippen molar-refractivity contribution in [1.29, 1.82) is 0 Å². The number of amides is 1. The first-order valence-corrected chi connectivity index (χ1v) is 9.08. The highest BCUT2D eigenvalue weighted by molar-refractivity contribution is 5.96. The fourth-order valence-corrected chi connectivity index (χ4v) is 3.36. The van der Waals surface area contributed by atoms with Gasteiger partial charge in [0.1, 0.15) is 18.9 Å². The van der Waals surface area contributed by atoms with Gasteiger partial charge in [-0.3, -0.25) is 9.59 Å². The zero-order valence-corrected chi connectivity index (χ0v) is 14.8. The zero-order chi connectivity index (χ0) is 18.4. The molecule has 0 bridgehead atoms. The van der Waals surface area contributed by atoms with E-state index < -0.39 is 5.97 Å². The largest absolute Gasteiger partial charge is 0.491 e. The highest BCUT2D eigenvalue weighted by Crippen LogP contribution is 2.21. The second kappa shape index (κ2) is 9.00. The van der Waals surface area contributed by atoms with Crippen LogP contribution in [0.25, 0.3) is 0 Å². The van der Waals surface area contributed by atoms with E-state index in [4.69, 9.17) is 14.2 Å². The second-order valence-corrected chi connectivity index (χ2v) is 6.64. The maximum atomic E-state index is 12.9. The van der Waals surface area contributed by atoms with Crippen LogP contribution in [-0.4, -0.2) is 67.0 Å². The predicted molar refractivity (Wildman–Crippen MR) is 93.4 cm³/mol. The molecule has 1 unspecified atom stereocenters. The van der Waals surface area contributed by atoms with Crippen molar-refractivity contribution >= 4 is 11.9 Å². The number of carbonyl (C=O) groups excluding carboxylic acids is 1. The molecule has 1 amide bonds. The van der Waals surface area contributed by atoms with Gasteiger partial charge in [-0.25, -0.2) is 0 Å². The Balaban J connectivity index is 1.68. The fraction of sp³-hybridized carbons (Fsp3) is 0.579. The highest BCUT2D eigenvalue weighted by Gasteiger charge is 2.28. The summed E-state index contributed by atoms with van der Waals surface area (Å²) < 4.78 is 16.6. The number of ether oxygens (including phenoxy) is 3. The Hall–Kier alpha value is -2.12. The summed E-state index contributed by atoms with van der Waals surface area (Å²) in [6.07, 6.45) is 3.42. The van der Waals surface area contributed by atoms with Crippen LogP contribution >= 0.6 is 0 Å². The number of hydrogen-bond acceptors (Lipinski definition) is 5. The molecule has 142 valence electrons. The van der Waals surface area contributed by atoms with Gasteiger partial charge in [0.25, 0.3) is 5.91 Å². The molecule has 2 heterocycles. The highest BCUT2D eigenvalue weighted by atomic mass is 16.5. The quantitative estimate of drug-likeness (QED) is 0.797. The number of nitrogens with zero attached hydrogens (tertiary/aromatic N) is 1. The Morgan fingerprint density at radius 2 is 2.00 bits per heavy atom. The van der Waals surface area contributed by atoms with E-state index in [0.717, 1.165) is 19.4 Å². The van der Waals surface area contributed by atoms with E-state index in [1.54, 1.807) is 24.3 Å². The summed E-state index contributed by atoms with van der Waals surface area (Å²) >= 11 is 0. The molecule has 0 aromatic heterocycles. The van der Waals surface area contributed by atoms with Crippen molar-refractivity contribution in [2.24, 2.45) is 0 Å². The minimum absolute atomic E-state index is 0.0973. The first-order chi connectivity index (χ1) is 12.6. The zero-order valence-electron chi connectivity index (χ0n) is 14.8. The minimum Gasteiger partial charge on any atom is -0.491 e. The molecule has 0 radical (unpaired) electrons. The molecule has 0 spiro atoms. The third-order valence-corrected chi connectivity index (χ3v) is 4.74. The van der Waals surface area contributed by atoms with Crippen LogP contribution < -0.4 is 4.74 Å². The molecule has 2 aliphatic heterocycles. The Bertz CT molecular complexity index is 622. The SMILES string of the molecule is O=C(O)CN(C(=O)c1cccc(OCC2CCCO2)c1)C1CCOCC1. The topological polar surface area (TPSA) is 85.3 Å². The Kier molecular flexibility index (Phi) is 6.46. The maximum absolute atomic E-state index is 12.9. The summed E-state index contributed by atoms with van der Waals surface area (Å²) in [5.41, 5.74) is 0.433. The fourth-order valence-electron chi connectivity index (χ4n) is 3.36. The Morgan fingerprint density at radius 3 is 2.69 bits per heavy atom. The molecular weight excluding hydrogens is 338 g/mol. The molecule has 3 rings (SSSR count). The Morgan fingerprint density at radius 1 is 1.19 bits per heavy atom. The second-order valence-electron chi connectivity index (χ2n) is 6.64. The molecule has 0 saturated carbocycles. The van der Waals surface area contributed by atoms with E-state index >= 15 is 0 Å². The van der Waals surface area contributed by atoms with E-state index in [-0.39, 0.29) is 24.6 Å². The van der Waals surface area contributed by atoms with Crippen LogP contribution in [0.1, 0.15) is 36.0 Å². The summed E-state index contributed by atoms with van der Waals surface area (Å²) in [5.74, 6) is -0.717. The molecule has 2 saturated heterocycles. The first kappa shape index (κ1) is 18.7. The lowest BCUT2D eigenvalue weighted by Crippen LogP contribution is -2.46. The number of hydrogen-bond donors (Lipinski definition) is 1. The summed E-state index contributed by atoms with van der Waals surface area (Å²) in [6.45, 7) is 1.99. The number of carbonyl (C=O) groups is 2. The van der Waals surface area contributed by atoms with E-state index in [1.165, 1.54) is 4.90 Å². The Labute approximate surface area is 152 Å². The number of carboxylic acid groups (broad SMARTS) is 1. The molecular formula is C19H25NO6. The normalized spacial score (nSPS) is 20.7. The summed E-state index contributed by atoms with van der Waals surface area (Å²) in [7, 11) is 0. The van der Waals surface area contributed by atoms with Gasteiger partial charge in [0.05, 0.1) is 6.10 Å². The summed E-state index contributed by atoms with van der Waals surface area (Å²) in [4.78, 5) is 25.6. The number of carboxylic acids is 1. The van der Waals surface area contributed by atoms with E-state index in [9.17, 15) is 14.7 Å². The molecule has 2 fully saturated rings. The van der Waals surface area contributed by atoms with E-state index in [2.05, 4.69) is 0 Å². The van der Waals surface area contributed by atoms with Gasteiger partial charge in [-0.2, -0.15) is 0 Å². The van der Waals surface area contributed by atoms with Gasteiger partial charge in [0, 0.05) is 31.4 Å². The summed E-state index contributed by atoms with van der Waals surface area (Å²) in [6, 6.07) is 6.78. The van der Waals surface area contributed by atoms with Gasteiger partial charge >= 0.3 is 5.97 Å². The van der Waals surface area contributed by atoms with Crippen LogP contribution in [0, 0.1) is 0 Å². The monoisotopic (exact) mass is 363 g/mol. The van der Waals surface area contributed by atoms with Crippen LogP contribution in [0.3, 0.4) is 0 Å². The number of benzene rings is 1. The van der Waals surface area contributed by atoms with Gasteiger partial charge in [0.2, 0.25) is 0 Å². The lowest BCUT2D eigenvalue weighted by molar-refractivity contribution is -0.138. The van der Waals surface area contributed by atoms with Crippen LogP contribution in [-0.2, 0) is 14.3 Å². The van der Waals surface area contributed by atoms with Crippen molar-refractivity contribution < 1.29 is 28.9 Å². The van der Waals surface area contributed by atoms with Crippen LogP contribution in [0.4, 0.5) is 0 Å². The van der Waals surface area contributed by atoms with Crippen molar-refractivity contribution in [2.45, 2.75) is 37.8 Å². The van der Waals surface area contributed by atoms with Gasteiger partial charge in [-0.05, 0) is 43.9 Å². The molecule has 0 aliphatic carbocycles. The third-order valence-electron chi connectivity index (χ3n) is 4.74. The average molecular weight is 363 g/mol. The van der Waals surface area contributed by atoms with Crippen molar-refractivity contribution in [3.8, 4) is 5.75 Å².